The first kappa shape index (κ1) is 13.2. The first-order valence-electron chi connectivity index (χ1n) is 5.91. The fourth-order valence-electron chi connectivity index (χ4n) is 2.07. The van der Waals surface area contributed by atoms with Crippen molar-refractivity contribution in [3.05, 3.63) is 17.7 Å². The second kappa shape index (κ2) is 5.61. The number of rotatable bonds is 2. The molecule has 0 N–H and O–H groups in total. The molecule has 2 heterocycles. The van der Waals surface area contributed by atoms with Gasteiger partial charge in [-0.15, -0.1) is 0 Å². The Morgan fingerprint density at radius 2 is 2.26 bits per heavy atom. The molecule has 7 heteroatoms. The minimum absolute atomic E-state index is 0.114. The summed E-state index contributed by atoms with van der Waals surface area (Å²) in [5.41, 5.74) is -0.264. The number of methoxy groups -OCH3 is 1. The van der Waals surface area contributed by atoms with Crippen molar-refractivity contribution >= 4 is 11.9 Å². The second-order valence-corrected chi connectivity index (χ2v) is 4.26. The van der Waals surface area contributed by atoms with E-state index in [0.717, 1.165) is 6.20 Å². The van der Waals surface area contributed by atoms with Gasteiger partial charge in [-0.1, -0.05) is 0 Å². The lowest BCUT2D eigenvalue weighted by atomic mass is 9.97. The summed E-state index contributed by atoms with van der Waals surface area (Å²) < 4.78 is 17.8. The molecule has 100 valence electrons. The normalized spacial score (nSPS) is 15.9. The summed E-state index contributed by atoms with van der Waals surface area (Å²) in [5, 5.41) is 8.73. The van der Waals surface area contributed by atoms with E-state index in [-0.39, 0.29) is 17.6 Å². The van der Waals surface area contributed by atoms with E-state index in [2.05, 4.69) is 9.97 Å². The molecule has 0 bridgehead atoms. The van der Waals surface area contributed by atoms with Crippen LogP contribution in [-0.2, 0) is 9.53 Å². The van der Waals surface area contributed by atoms with E-state index >= 15 is 0 Å². The highest BCUT2D eigenvalue weighted by Crippen LogP contribution is 2.21. The quantitative estimate of drug-likeness (QED) is 0.738. The lowest BCUT2D eigenvalue weighted by molar-refractivity contribution is -0.146. The molecule has 0 aliphatic carbocycles. The number of ether oxygens (including phenoxy) is 1. The number of nitriles is 1. The number of hydrogen-bond donors (Lipinski definition) is 0. The highest BCUT2D eigenvalue weighted by atomic mass is 19.1. The van der Waals surface area contributed by atoms with E-state index in [0.29, 0.717) is 31.9 Å². The number of aromatic nitrogens is 2. The van der Waals surface area contributed by atoms with Crippen molar-refractivity contribution < 1.29 is 13.9 Å². The van der Waals surface area contributed by atoms with E-state index in [1.807, 2.05) is 4.90 Å². The molecule has 1 aromatic heterocycles. The Balaban J connectivity index is 2.06. The zero-order valence-corrected chi connectivity index (χ0v) is 10.5. The van der Waals surface area contributed by atoms with Gasteiger partial charge in [-0.3, -0.25) is 4.79 Å². The Kier molecular flexibility index (Phi) is 3.90. The highest BCUT2D eigenvalue weighted by Gasteiger charge is 2.27. The molecule has 1 aliphatic rings. The van der Waals surface area contributed by atoms with Gasteiger partial charge in [0, 0.05) is 13.1 Å². The number of halogens is 1. The van der Waals surface area contributed by atoms with Crippen LogP contribution in [0.2, 0.25) is 0 Å². The Bertz CT molecular complexity index is 521. The average Bonchev–Trinajstić information content (AvgIpc) is 2.47. The van der Waals surface area contributed by atoms with Gasteiger partial charge in [-0.25, -0.2) is 9.37 Å². The molecular weight excluding hydrogens is 251 g/mol. The topological polar surface area (TPSA) is 79.1 Å². The molecule has 0 unspecified atom stereocenters. The van der Waals surface area contributed by atoms with E-state index in [4.69, 9.17) is 10.00 Å². The van der Waals surface area contributed by atoms with E-state index in [1.54, 1.807) is 6.07 Å². The van der Waals surface area contributed by atoms with Crippen LogP contribution in [0.4, 0.5) is 10.3 Å². The van der Waals surface area contributed by atoms with Gasteiger partial charge in [0.15, 0.2) is 11.5 Å². The maximum absolute atomic E-state index is 13.1. The summed E-state index contributed by atoms with van der Waals surface area (Å²) in [4.78, 5) is 21.0. The summed E-state index contributed by atoms with van der Waals surface area (Å²) in [7, 11) is 1.37. The zero-order chi connectivity index (χ0) is 13.8. The third-order valence-corrected chi connectivity index (χ3v) is 3.15. The minimum Gasteiger partial charge on any atom is -0.469 e. The Hall–Kier alpha value is -2.23. The molecule has 1 fully saturated rings. The van der Waals surface area contributed by atoms with Crippen molar-refractivity contribution in [3.63, 3.8) is 0 Å². The molecule has 19 heavy (non-hydrogen) atoms. The molecule has 1 aliphatic heterocycles. The van der Waals surface area contributed by atoms with Gasteiger partial charge < -0.3 is 9.64 Å². The summed E-state index contributed by atoms with van der Waals surface area (Å²) in [5.74, 6) is -0.730. The molecule has 0 amide bonds. The van der Waals surface area contributed by atoms with Gasteiger partial charge in [0.2, 0.25) is 5.95 Å². The third-order valence-electron chi connectivity index (χ3n) is 3.15. The number of carbonyl (C=O) groups is 1. The van der Waals surface area contributed by atoms with Crippen LogP contribution in [-0.4, -0.2) is 36.1 Å². The average molecular weight is 264 g/mol. The van der Waals surface area contributed by atoms with E-state index in [9.17, 15) is 9.18 Å². The van der Waals surface area contributed by atoms with Crippen molar-refractivity contribution in [1.29, 1.82) is 5.26 Å². The Morgan fingerprint density at radius 3 is 2.84 bits per heavy atom. The lowest BCUT2D eigenvalue weighted by Gasteiger charge is -2.30. The largest absolute Gasteiger partial charge is 0.469 e. The van der Waals surface area contributed by atoms with Crippen LogP contribution in [0.1, 0.15) is 18.5 Å². The molecule has 6 nitrogen and oxygen atoms in total. The number of esters is 1. The minimum atomic E-state index is -0.726. The second-order valence-electron chi connectivity index (χ2n) is 4.26. The van der Waals surface area contributed by atoms with Gasteiger partial charge in [-0.05, 0) is 12.8 Å². The van der Waals surface area contributed by atoms with Crippen LogP contribution in [0.3, 0.4) is 0 Å². The third kappa shape index (κ3) is 2.78. The number of anilines is 1. The maximum atomic E-state index is 13.1. The van der Waals surface area contributed by atoms with Crippen LogP contribution in [0.15, 0.2) is 6.20 Å². The predicted octanol–water partition coefficient (Wildman–Crippen LogP) is 0.877. The molecule has 0 atom stereocenters. The number of piperidine rings is 1. The summed E-state index contributed by atoms with van der Waals surface area (Å²) in [6.45, 7) is 1.16. The molecule has 1 aromatic rings. The highest BCUT2D eigenvalue weighted by molar-refractivity contribution is 5.72. The molecule has 0 radical (unpaired) electrons. The summed E-state index contributed by atoms with van der Waals surface area (Å²) >= 11 is 0. The summed E-state index contributed by atoms with van der Waals surface area (Å²) in [6, 6.07) is 1.68. The van der Waals surface area contributed by atoms with Crippen LogP contribution in [0.25, 0.3) is 0 Å². The molecule has 0 saturated carbocycles. The van der Waals surface area contributed by atoms with Gasteiger partial charge >= 0.3 is 5.97 Å². The van der Waals surface area contributed by atoms with Crippen molar-refractivity contribution in [2.45, 2.75) is 12.8 Å². The predicted molar refractivity (Wildman–Crippen MR) is 63.7 cm³/mol. The molecule has 1 saturated heterocycles. The van der Waals surface area contributed by atoms with Crippen molar-refractivity contribution in [2.24, 2.45) is 5.92 Å². The van der Waals surface area contributed by atoms with Crippen LogP contribution >= 0.6 is 0 Å². The van der Waals surface area contributed by atoms with Gasteiger partial charge in [0.1, 0.15) is 6.07 Å². The van der Waals surface area contributed by atoms with Crippen molar-refractivity contribution in [2.75, 3.05) is 25.1 Å². The van der Waals surface area contributed by atoms with Gasteiger partial charge in [-0.2, -0.15) is 10.2 Å². The van der Waals surface area contributed by atoms with E-state index in [1.165, 1.54) is 7.11 Å². The van der Waals surface area contributed by atoms with Gasteiger partial charge in [0.25, 0.3) is 0 Å². The smallest absolute Gasteiger partial charge is 0.308 e. The summed E-state index contributed by atoms with van der Waals surface area (Å²) in [6.07, 6.45) is 2.26. The number of nitrogens with zero attached hydrogens (tertiary/aromatic N) is 4. The van der Waals surface area contributed by atoms with Crippen molar-refractivity contribution in [3.8, 4) is 6.07 Å². The van der Waals surface area contributed by atoms with Crippen LogP contribution in [0, 0.1) is 23.1 Å². The Morgan fingerprint density at radius 1 is 1.58 bits per heavy atom. The fourth-order valence-corrected chi connectivity index (χ4v) is 2.07. The Labute approximate surface area is 109 Å². The number of hydrogen-bond acceptors (Lipinski definition) is 6. The maximum Gasteiger partial charge on any atom is 0.308 e. The van der Waals surface area contributed by atoms with Crippen LogP contribution in [0.5, 0.6) is 0 Å². The van der Waals surface area contributed by atoms with Crippen LogP contribution < -0.4 is 4.90 Å². The SMILES string of the molecule is COC(=O)C1CCN(c2ncc(F)c(C#N)n2)CC1. The molecule has 0 spiro atoms. The van der Waals surface area contributed by atoms with Crippen molar-refractivity contribution in [1.82, 2.24) is 9.97 Å². The van der Waals surface area contributed by atoms with Gasteiger partial charge in [0.05, 0.1) is 19.2 Å². The fraction of sp³-hybridized carbons (Fsp3) is 0.500. The van der Waals surface area contributed by atoms with E-state index < -0.39 is 5.82 Å². The lowest BCUT2D eigenvalue weighted by Crippen LogP contribution is -2.37. The standard InChI is InChI=1S/C12H13FN4O2/c1-19-11(18)8-2-4-17(5-3-8)12-15-7-9(13)10(6-14)16-12/h7-8H,2-5H2,1H3. The zero-order valence-electron chi connectivity index (χ0n) is 10.5. The molecule has 2 rings (SSSR count). The first-order chi connectivity index (χ1) is 9.15. The molecule has 0 aromatic carbocycles. The molecular formula is C12H13FN4O2. The first-order valence-corrected chi connectivity index (χ1v) is 5.91. The monoisotopic (exact) mass is 264 g/mol. The number of carbonyl (C=O) groups excluding carboxylic acids is 1.